The molecule has 216 valence electrons. The fourth-order valence-electron chi connectivity index (χ4n) is 6.95. The first kappa shape index (κ1) is 26.3. The molecule has 0 spiro atoms. The van der Waals surface area contributed by atoms with Gasteiger partial charge in [0, 0.05) is 38.9 Å². The van der Waals surface area contributed by atoms with E-state index in [1.807, 2.05) is 0 Å². The Morgan fingerprint density at radius 3 is 1.74 bits per heavy atom. The number of aromatic nitrogens is 1. The molecule has 2 nitrogen and oxygen atoms in total. The monoisotopic (exact) mass is 586 g/mol. The zero-order valence-electron chi connectivity index (χ0n) is 25.2. The predicted octanol–water partition coefficient (Wildman–Crippen LogP) is 12.2. The van der Waals surface area contributed by atoms with Crippen LogP contribution in [0.25, 0.3) is 60.2 Å². The Morgan fingerprint density at radius 2 is 0.935 bits per heavy atom. The van der Waals surface area contributed by atoms with Crippen LogP contribution in [0.5, 0.6) is 0 Å². The standard InChI is InChI=1S/C44H30N2/c1-3-14-36(15-4-1)45(38-24-21-32(22-25-38)35-20-19-31-11-7-8-13-34(31)29-35)39-26-28-41-42-27-23-33-12-9-10-18-40(33)44(42)46(43(41)30-39)37-16-5-2-6-17-37/h1-30H. The molecule has 9 rings (SSSR count). The molecule has 0 saturated carbocycles. The molecule has 46 heavy (non-hydrogen) atoms. The van der Waals surface area contributed by atoms with Crippen molar-refractivity contribution in [1.82, 2.24) is 4.57 Å². The summed E-state index contributed by atoms with van der Waals surface area (Å²) in [7, 11) is 0. The van der Waals surface area contributed by atoms with Crippen molar-refractivity contribution >= 4 is 60.4 Å². The molecule has 0 unspecified atom stereocenters. The summed E-state index contributed by atoms with van der Waals surface area (Å²) in [6.45, 7) is 0. The average Bonchev–Trinajstić information content (AvgIpc) is 3.47. The molecule has 0 bridgehead atoms. The lowest BCUT2D eigenvalue weighted by Crippen LogP contribution is -2.10. The maximum atomic E-state index is 2.43. The van der Waals surface area contributed by atoms with Crippen molar-refractivity contribution in [3.05, 3.63) is 182 Å². The number of hydrogen-bond donors (Lipinski definition) is 0. The van der Waals surface area contributed by atoms with Crippen LogP contribution in [0.4, 0.5) is 17.1 Å². The normalized spacial score (nSPS) is 11.5. The Kier molecular flexibility index (Phi) is 6.17. The highest BCUT2D eigenvalue weighted by Gasteiger charge is 2.19. The van der Waals surface area contributed by atoms with Crippen molar-refractivity contribution in [2.24, 2.45) is 0 Å². The minimum Gasteiger partial charge on any atom is -0.310 e. The summed E-state index contributed by atoms with van der Waals surface area (Å²) >= 11 is 0. The Bertz CT molecular complexity index is 2510. The fraction of sp³-hybridized carbons (Fsp3) is 0. The maximum Gasteiger partial charge on any atom is 0.0619 e. The van der Waals surface area contributed by atoms with Gasteiger partial charge >= 0.3 is 0 Å². The van der Waals surface area contributed by atoms with Gasteiger partial charge in [0.05, 0.1) is 11.0 Å². The molecule has 0 saturated heterocycles. The number of hydrogen-bond acceptors (Lipinski definition) is 1. The molecule has 0 aliphatic carbocycles. The summed E-state index contributed by atoms with van der Waals surface area (Å²) in [6, 6.07) is 65.7. The highest BCUT2D eigenvalue weighted by Crippen LogP contribution is 2.41. The number of para-hydroxylation sites is 2. The van der Waals surface area contributed by atoms with Crippen LogP contribution < -0.4 is 4.90 Å². The zero-order valence-corrected chi connectivity index (χ0v) is 25.2. The van der Waals surface area contributed by atoms with E-state index >= 15 is 0 Å². The second-order valence-corrected chi connectivity index (χ2v) is 11.8. The molecule has 2 heteroatoms. The second kappa shape index (κ2) is 10.8. The van der Waals surface area contributed by atoms with Gasteiger partial charge in [0.15, 0.2) is 0 Å². The van der Waals surface area contributed by atoms with Crippen molar-refractivity contribution in [1.29, 1.82) is 0 Å². The lowest BCUT2D eigenvalue weighted by atomic mass is 10.0. The largest absolute Gasteiger partial charge is 0.310 e. The molecule has 0 N–H and O–H groups in total. The van der Waals surface area contributed by atoms with Crippen LogP contribution in [0, 0.1) is 0 Å². The number of anilines is 3. The van der Waals surface area contributed by atoms with Crippen molar-refractivity contribution < 1.29 is 0 Å². The lowest BCUT2D eigenvalue weighted by molar-refractivity contribution is 1.18. The molecule has 0 amide bonds. The SMILES string of the molecule is c1ccc(N(c2ccc(-c3ccc4ccccc4c3)cc2)c2ccc3c4ccc5ccccc5c4n(-c4ccccc4)c3c2)cc1. The maximum absolute atomic E-state index is 2.43. The van der Waals surface area contributed by atoms with Crippen molar-refractivity contribution in [2.45, 2.75) is 0 Å². The van der Waals surface area contributed by atoms with Gasteiger partial charge in [-0.3, -0.25) is 0 Å². The first-order valence-electron chi connectivity index (χ1n) is 15.8. The van der Waals surface area contributed by atoms with Crippen LogP contribution in [-0.2, 0) is 0 Å². The van der Waals surface area contributed by atoms with Crippen LogP contribution in [0.3, 0.4) is 0 Å². The topological polar surface area (TPSA) is 8.17 Å². The quantitative estimate of drug-likeness (QED) is 0.195. The van der Waals surface area contributed by atoms with Gasteiger partial charge in [-0.25, -0.2) is 0 Å². The number of rotatable bonds is 5. The summed E-state index contributed by atoms with van der Waals surface area (Å²) < 4.78 is 2.43. The molecule has 1 aromatic heterocycles. The van der Waals surface area contributed by atoms with Gasteiger partial charge in [-0.1, -0.05) is 127 Å². The Hall–Kier alpha value is -6.12. The van der Waals surface area contributed by atoms with Crippen LogP contribution >= 0.6 is 0 Å². The van der Waals surface area contributed by atoms with Gasteiger partial charge in [-0.2, -0.15) is 0 Å². The van der Waals surface area contributed by atoms with E-state index in [0.717, 1.165) is 22.7 Å². The first-order valence-corrected chi connectivity index (χ1v) is 15.8. The van der Waals surface area contributed by atoms with Crippen LogP contribution in [0.2, 0.25) is 0 Å². The Morgan fingerprint density at radius 1 is 0.348 bits per heavy atom. The predicted molar refractivity (Wildman–Crippen MR) is 196 cm³/mol. The minimum atomic E-state index is 1.11. The zero-order chi connectivity index (χ0) is 30.5. The van der Waals surface area contributed by atoms with E-state index in [1.165, 1.54) is 54.5 Å². The van der Waals surface area contributed by atoms with Crippen molar-refractivity contribution in [3.63, 3.8) is 0 Å². The third kappa shape index (κ3) is 4.35. The summed E-state index contributed by atoms with van der Waals surface area (Å²) in [5.74, 6) is 0. The molecule has 0 atom stereocenters. The summed E-state index contributed by atoms with van der Waals surface area (Å²) in [6.07, 6.45) is 0. The third-order valence-corrected chi connectivity index (χ3v) is 9.13. The molecule has 0 aliphatic heterocycles. The fourth-order valence-corrected chi connectivity index (χ4v) is 6.95. The molecule has 0 radical (unpaired) electrons. The van der Waals surface area contributed by atoms with Crippen LogP contribution in [0.1, 0.15) is 0 Å². The van der Waals surface area contributed by atoms with Gasteiger partial charge in [0.25, 0.3) is 0 Å². The lowest BCUT2D eigenvalue weighted by Gasteiger charge is -2.26. The minimum absolute atomic E-state index is 1.11. The highest BCUT2D eigenvalue weighted by molar-refractivity contribution is 6.19. The van der Waals surface area contributed by atoms with Gasteiger partial charge in [-0.05, 0) is 81.9 Å². The number of benzene rings is 8. The van der Waals surface area contributed by atoms with E-state index in [9.17, 15) is 0 Å². The third-order valence-electron chi connectivity index (χ3n) is 9.13. The van der Waals surface area contributed by atoms with Crippen molar-refractivity contribution in [3.8, 4) is 16.8 Å². The van der Waals surface area contributed by atoms with Gasteiger partial charge in [0.2, 0.25) is 0 Å². The average molecular weight is 587 g/mol. The molecule has 0 fully saturated rings. The molecule has 1 heterocycles. The molecule has 9 aromatic rings. The van der Waals surface area contributed by atoms with Crippen LogP contribution in [0.15, 0.2) is 182 Å². The molecular formula is C44H30N2. The number of nitrogens with zero attached hydrogens (tertiary/aromatic N) is 2. The Balaban J connectivity index is 1.24. The number of fused-ring (bicyclic) bond motifs is 6. The summed E-state index contributed by atoms with van der Waals surface area (Å²) in [5, 5.41) is 7.51. The van der Waals surface area contributed by atoms with E-state index in [1.54, 1.807) is 0 Å². The van der Waals surface area contributed by atoms with Gasteiger partial charge in [0.1, 0.15) is 0 Å². The van der Waals surface area contributed by atoms with E-state index < -0.39 is 0 Å². The van der Waals surface area contributed by atoms with Gasteiger partial charge in [-0.15, -0.1) is 0 Å². The van der Waals surface area contributed by atoms with Crippen LogP contribution in [-0.4, -0.2) is 4.57 Å². The smallest absolute Gasteiger partial charge is 0.0619 e. The first-order chi connectivity index (χ1) is 22.8. The van der Waals surface area contributed by atoms with Crippen molar-refractivity contribution in [2.75, 3.05) is 4.90 Å². The summed E-state index contributed by atoms with van der Waals surface area (Å²) in [5.41, 5.74) is 9.34. The molecular weight excluding hydrogens is 556 g/mol. The van der Waals surface area contributed by atoms with E-state index in [0.29, 0.717) is 0 Å². The van der Waals surface area contributed by atoms with Gasteiger partial charge < -0.3 is 9.47 Å². The molecule has 8 aromatic carbocycles. The summed E-state index contributed by atoms with van der Waals surface area (Å²) in [4.78, 5) is 2.36. The Labute approximate surface area is 268 Å². The van der Waals surface area contributed by atoms with E-state index in [-0.39, 0.29) is 0 Å². The van der Waals surface area contributed by atoms with E-state index in [4.69, 9.17) is 0 Å². The highest BCUT2D eigenvalue weighted by atomic mass is 15.1. The molecule has 0 aliphatic rings. The van der Waals surface area contributed by atoms with E-state index in [2.05, 4.69) is 191 Å². The second-order valence-electron chi connectivity index (χ2n) is 11.8.